The summed E-state index contributed by atoms with van der Waals surface area (Å²) in [7, 11) is 1.44. The van der Waals surface area contributed by atoms with Crippen molar-refractivity contribution in [2.75, 3.05) is 12.8 Å². The Morgan fingerprint density at radius 3 is 2.48 bits per heavy atom. The van der Waals surface area contributed by atoms with Crippen LogP contribution in [0.15, 0.2) is 39.6 Å². The molecule has 0 bridgehead atoms. The van der Waals surface area contributed by atoms with Gasteiger partial charge in [-0.1, -0.05) is 29.3 Å². The number of hydrogen-bond acceptors (Lipinski definition) is 6. The van der Waals surface area contributed by atoms with Crippen LogP contribution in [-0.4, -0.2) is 12.1 Å². The molecule has 10 heteroatoms. The number of aromatic amines is 1. The zero-order valence-corrected chi connectivity index (χ0v) is 19.0. The first-order valence-electron chi connectivity index (χ1n) is 8.61. The highest BCUT2D eigenvalue weighted by atomic mass is 79.9. The SMILES string of the molecule is COc1cc(-c2c(C#N)c(N)[nH]c(=O)c2C#N)cc(Br)c1OCc1ccc(Cl)cc1Cl. The molecule has 0 radical (unpaired) electrons. The number of hydrogen-bond donors (Lipinski definition) is 2. The highest BCUT2D eigenvalue weighted by Crippen LogP contribution is 2.42. The maximum Gasteiger partial charge on any atom is 0.268 e. The number of ether oxygens (including phenoxy) is 2. The minimum Gasteiger partial charge on any atom is -0.493 e. The van der Waals surface area contributed by atoms with Gasteiger partial charge in [0.05, 0.1) is 11.6 Å². The van der Waals surface area contributed by atoms with Crippen molar-refractivity contribution >= 4 is 44.9 Å². The molecular formula is C21H13BrCl2N4O3. The molecule has 0 saturated carbocycles. The van der Waals surface area contributed by atoms with Gasteiger partial charge in [-0.15, -0.1) is 0 Å². The molecule has 0 aliphatic rings. The van der Waals surface area contributed by atoms with Gasteiger partial charge in [0.2, 0.25) is 0 Å². The summed E-state index contributed by atoms with van der Waals surface area (Å²) in [6.45, 7) is 0.134. The third kappa shape index (κ3) is 4.47. The first-order valence-corrected chi connectivity index (χ1v) is 10.2. The second-order valence-electron chi connectivity index (χ2n) is 6.23. The zero-order chi connectivity index (χ0) is 22.7. The van der Waals surface area contributed by atoms with Crippen LogP contribution in [0.2, 0.25) is 10.0 Å². The second kappa shape index (κ2) is 9.32. The molecule has 0 spiro atoms. The third-order valence-electron chi connectivity index (χ3n) is 4.37. The Morgan fingerprint density at radius 1 is 1.16 bits per heavy atom. The number of nitrogens with one attached hydrogen (secondary N) is 1. The van der Waals surface area contributed by atoms with E-state index in [0.29, 0.717) is 37.1 Å². The van der Waals surface area contributed by atoms with Crippen molar-refractivity contribution in [2.24, 2.45) is 0 Å². The summed E-state index contributed by atoms with van der Waals surface area (Å²) >= 11 is 15.5. The van der Waals surface area contributed by atoms with E-state index in [4.69, 9.17) is 38.4 Å². The summed E-state index contributed by atoms with van der Waals surface area (Å²) in [5.74, 6) is 0.544. The molecule has 0 atom stereocenters. The number of methoxy groups -OCH3 is 1. The molecule has 1 heterocycles. The van der Waals surface area contributed by atoms with Crippen LogP contribution in [0.4, 0.5) is 5.82 Å². The average molecular weight is 520 g/mol. The van der Waals surface area contributed by atoms with E-state index in [1.165, 1.54) is 7.11 Å². The van der Waals surface area contributed by atoms with Crippen molar-refractivity contribution < 1.29 is 9.47 Å². The largest absolute Gasteiger partial charge is 0.493 e. The van der Waals surface area contributed by atoms with Crippen LogP contribution in [0.1, 0.15) is 16.7 Å². The van der Waals surface area contributed by atoms with Gasteiger partial charge in [0.15, 0.2) is 11.5 Å². The van der Waals surface area contributed by atoms with Gasteiger partial charge in [0.1, 0.15) is 35.7 Å². The van der Waals surface area contributed by atoms with Gasteiger partial charge in [-0.25, -0.2) is 0 Å². The van der Waals surface area contributed by atoms with E-state index in [1.807, 2.05) is 12.1 Å². The second-order valence-corrected chi connectivity index (χ2v) is 7.93. The van der Waals surface area contributed by atoms with E-state index in [-0.39, 0.29) is 29.1 Å². The third-order valence-corrected chi connectivity index (χ3v) is 5.55. The van der Waals surface area contributed by atoms with Crippen LogP contribution < -0.4 is 20.8 Å². The number of H-pyrrole nitrogens is 1. The minimum atomic E-state index is -0.693. The van der Waals surface area contributed by atoms with Crippen LogP contribution in [0, 0.1) is 22.7 Å². The smallest absolute Gasteiger partial charge is 0.268 e. The molecule has 0 unspecified atom stereocenters. The monoisotopic (exact) mass is 518 g/mol. The van der Waals surface area contributed by atoms with Crippen LogP contribution in [0.3, 0.4) is 0 Å². The lowest BCUT2D eigenvalue weighted by Gasteiger charge is -2.16. The van der Waals surface area contributed by atoms with Crippen LogP contribution in [0.5, 0.6) is 11.5 Å². The topological polar surface area (TPSA) is 125 Å². The first kappa shape index (κ1) is 22.5. The zero-order valence-electron chi connectivity index (χ0n) is 15.9. The fraction of sp³-hybridized carbons (Fsp3) is 0.0952. The number of nitrogen functional groups attached to an aromatic ring is 1. The minimum absolute atomic E-state index is 0.0216. The Kier molecular flexibility index (Phi) is 6.77. The van der Waals surface area contributed by atoms with Gasteiger partial charge < -0.3 is 20.2 Å². The van der Waals surface area contributed by atoms with E-state index < -0.39 is 5.56 Å². The molecular weight excluding hydrogens is 507 g/mol. The molecule has 156 valence electrons. The van der Waals surface area contributed by atoms with E-state index in [2.05, 4.69) is 20.9 Å². The molecule has 3 rings (SSSR count). The number of halogens is 3. The fourth-order valence-electron chi connectivity index (χ4n) is 2.92. The molecule has 3 N–H and O–H groups in total. The molecule has 0 fully saturated rings. The Bertz CT molecular complexity index is 1330. The highest BCUT2D eigenvalue weighted by Gasteiger charge is 2.21. The van der Waals surface area contributed by atoms with E-state index in [0.717, 1.165) is 0 Å². The predicted molar refractivity (Wildman–Crippen MR) is 121 cm³/mol. The molecule has 2 aromatic carbocycles. The normalized spacial score (nSPS) is 10.3. The number of pyridine rings is 1. The van der Waals surface area contributed by atoms with Gasteiger partial charge in [0.25, 0.3) is 5.56 Å². The van der Waals surface area contributed by atoms with Crippen LogP contribution >= 0.6 is 39.1 Å². The van der Waals surface area contributed by atoms with Gasteiger partial charge in [-0.3, -0.25) is 4.79 Å². The van der Waals surface area contributed by atoms with E-state index >= 15 is 0 Å². The summed E-state index contributed by atoms with van der Waals surface area (Å²) in [6.07, 6.45) is 0. The van der Waals surface area contributed by atoms with Crippen LogP contribution in [0.25, 0.3) is 11.1 Å². The Hall–Kier alpha value is -3.17. The molecule has 1 aromatic heterocycles. The van der Waals surface area contributed by atoms with Crippen LogP contribution in [-0.2, 0) is 6.61 Å². The van der Waals surface area contributed by atoms with Crippen molar-refractivity contribution in [1.29, 1.82) is 10.5 Å². The summed E-state index contributed by atoms with van der Waals surface area (Å²) in [4.78, 5) is 14.5. The quantitative estimate of drug-likeness (QED) is 0.487. The highest BCUT2D eigenvalue weighted by molar-refractivity contribution is 9.10. The lowest BCUT2D eigenvalue weighted by molar-refractivity contribution is 0.283. The summed E-state index contributed by atoms with van der Waals surface area (Å²) < 4.78 is 11.8. The van der Waals surface area contributed by atoms with Gasteiger partial charge in [-0.2, -0.15) is 10.5 Å². The van der Waals surface area contributed by atoms with Crippen molar-refractivity contribution in [1.82, 2.24) is 4.98 Å². The number of benzene rings is 2. The lowest BCUT2D eigenvalue weighted by atomic mass is 9.96. The number of nitrogens with zero attached hydrogens (tertiary/aromatic N) is 2. The molecule has 0 aliphatic heterocycles. The molecule has 0 aliphatic carbocycles. The standard InChI is InChI=1S/C21H13BrCl2N4O3/c1-30-17-5-11(18-13(7-25)20(27)28-21(29)14(18)8-26)4-15(22)19(17)31-9-10-2-3-12(23)6-16(10)24/h2-6H,9H2,1H3,(H3,27,28,29). The van der Waals surface area contributed by atoms with Gasteiger partial charge in [0, 0.05) is 21.2 Å². The molecule has 7 nitrogen and oxygen atoms in total. The Balaban J connectivity index is 2.10. The maximum absolute atomic E-state index is 12.2. The molecule has 0 saturated heterocycles. The van der Waals surface area contributed by atoms with Crippen molar-refractivity contribution in [2.45, 2.75) is 6.61 Å². The van der Waals surface area contributed by atoms with Gasteiger partial charge >= 0.3 is 0 Å². The van der Waals surface area contributed by atoms with E-state index in [9.17, 15) is 15.3 Å². The number of anilines is 1. The Morgan fingerprint density at radius 2 is 1.87 bits per heavy atom. The fourth-order valence-corrected chi connectivity index (χ4v) is 3.94. The summed E-state index contributed by atoms with van der Waals surface area (Å²) in [6, 6.07) is 12.0. The van der Waals surface area contributed by atoms with Gasteiger partial charge in [-0.05, 0) is 45.8 Å². The lowest BCUT2D eigenvalue weighted by Crippen LogP contribution is -2.16. The first-order chi connectivity index (χ1) is 14.8. The number of nitriles is 2. The molecule has 0 amide bonds. The summed E-state index contributed by atoms with van der Waals surface area (Å²) in [5, 5.41) is 20.0. The van der Waals surface area contributed by atoms with Crippen molar-refractivity contribution in [3.8, 4) is 34.8 Å². The number of nitrogens with two attached hydrogens (primary N) is 1. The maximum atomic E-state index is 12.2. The van der Waals surface area contributed by atoms with E-state index in [1.54, 1.807) is 30.3 Å². The molecule has 31 heavy (non-hydrogen) atoms. The van der Waals surface area contributed by atoms with Crippen molar-refractivity contribution in [3.05, 3.63) is 71.9 Å². The number of rotatable bonds is 5. The Labute approximate surface area is 195 Å². The number of aromatic nitrogens is 1. The summed E-state index contributed by atoms with van der Waals surface area (Å²) in [5.41, 5.74) is 6.05. The van der Waals surface area contributed by atoms with Crippen molar-refractivity contribution in [3.63, 3.8) is 0 Å². The predicted octanol–water partition coefficient (Wildman–Crippen LogP) is 5.02. The average Bonchev–Trinajstić information content (AvgIpc) is 2.73. The molecule has 3 aromatic rings.